The molecular formula is C32H25N2O2Pt-. The first kappa shape index (κ1) is 24.9. The standard InChI is InChI=1S/C32H25N2O2.Pt/c1-32(2,3)22-15-16-33-27(19-22)21-17-20-9-4-5-10-23(20)26(18-21)24-12-8-14-29-30(24)34-31(36-29)25-11-6-7-13-28(25)35;/h4-17,19,35H,1-3H3;/q-1;. The van der Waals surface area contributed by atoms with Crippen molar-refractivity contribution < 1.29 is 30.6 Å². The summed E-state index contributed by atoms with van der Waals surface area (Å²) in [5, 5.41) is 12.5. The molecule has 0 atom stereocenters. The zero-order valence-corrected chi connectivity index (χ0v) is 23.0. The molecular weight excluding hydrogens is 639 g/mol. The summed E-state index contributed by atoms with van der Waals surface area (Å²) in [6.45, 7) is 6.61. The number of para-hydroxylation sites is 2. The number of nitrogens with zero attached hydrogens (tertiary/aromatic N) is 2. The molecule has 37 heavy (non-hydrogen) atoms. The fourth-order valence-corrected chi connectivity index (χ4v) is 4.56. The first-order chi connectivity index (χ1) is 17.4. The fraction of sp³-hybridized carbons (Fsp3) is 0.125. The van der Waals surface area contributed by atoms with E-state index in [9.17, 15) is 5.11 Å². The van der Waals surface area contributed by atoms with Crippen LogP contribution in [0.1, 0.15) is 26.3 Å². The molecule has 0 amide bonds. The van der Waals surface area contributed by atoms with E-state index in [4.69, 9.17) is 9.40 Å². The van der Waals surface area contributed by atoms with Crippen LogP contribution in [0.5, 0.6) is 5.75 Å². The largest absolute Gasteiger partial charge is 0.507 e. The normalized spacial score (nSPS) is 11.5. The topological polar surface area (TPSA) is 59.2 Å². The third-order valence-electron chi connectivity index (χ3n) is 6.51. The molecule has 0 spiro atoms. The Morgan fingerprint density at radius 3 is 2.41 bits per heavy atom. The monoisotopic (exact) mass is 664 g/mol. The van der Waals surface area contributed by atoms with Gasteiger partial charge in [0.25, 0.3) is 0 Å². The van der Waals surface area contributed by atoms with Crippen molar-refractivity contribution in [1.29, 1.82) is 0 Å². The van der Waals surface area contributed by atoms with Gasteiger partial charge in [0.15, 0.2) is 0 Å². The number of fused-ring (bicyclic) bond motifs is 2. The molecule has 0 unspecified atom stereocenters. The van der Waals surface area contributed by atoms with Gasteiger partial charge >= 0.3 is 0 Å². The minimum absolute atomic E-state index is 0. The van der Waals surface area contributed by atoms with Gasteiger partial charge in [-0.15, -0.1) is 17.7 Å². The number of pyridine rings is 1. The third-order valence-corrected chi connectivity index (χ3v) is 6.51. The Morgan fingerprint density at radius 1 is 0.838 bits per heavy atom. The summed E-state index contributed by atoms with van der Waals surface area (Å²) in [6.07, 6.45) is 1.87. The van der Waals surface area contributed by atoms with Crippen molar-refractivity contribution in [2.45, 2.75) is 26.2 Å². The van der Waals surface area contributed by atoms with E-state index in [0.717, 1.165) is 38.7 Å². The molecule has 2 heterocycles. The van der Waals surface area contributed by atoms with Gasteiger partial charge in [0.2, 0.25) is 5.89 Å². The number of hydrogen-bond acceptors (Lipinski definition) is 4. The van der Waals surface area contributed by atoms with Crippen LogP contribution in [0.25, 0.3) is 55.7 Å². The Kier molecular flexibility index (Phi) is 6.47. The maximum Gasteiger partial charge on any atom is 0.230 e. The van der Waals surface area contributed by atoms with Gasteiger partial charge in [-0.1, -0.05) is 97.3 Å². The van der Waals surface area contributed by atoms with Crippen LogP contribution < -0.4 is 0 Å². The molecule has 0 saturated heterocycles. The Hall–Kier alpha value is -3.75. The number of aromatic hydroxyl groups is 1. The van der Waals surface area contributed by atoms with Crippen molar-refractivity contribution in [1.82, 2.24) is 9.97 Å². The summed E-state index contributed by atoms with van der Waals surface area (Å²) in [5.41, 5.74) is 6.85. The minimum Gasteiger partial charge on any atom is -0.507 e. The van der Waals surface area contributed by atoms with Crippen LogP contribution >= 0.6 is 0 Å². The van der Waals surface area contributed by atoms with Gasteiger partial charge in [0.1, 0.15) is 11.3 Å². The number of benzene rings is 4. The predicted octanol–water partition coefficient (Wildman–Crippen LogP) is 8.18. The second-order valence-electron chi connectivity index (χ2n) is 10.0. The van der Waals surface area contributed by atoms with E-state index in [1.165, 1.54) is 5.56 Å². The molecule has 5 heteroatoms. The average Bonchev–Trinajstić information content (AvgIpc) is 3.32. The maximum absolute atomic E-state index is 10.3. The molecule has 1 N–H and O–H groups in total. The number of hydrogen-bond donors (Lipinski definition) is 1. The number of rotatable bonds is 3. The van der Waals surface area contributed by atoms with Crippen molar-refractivity contribution >= 4 is 21.9 Å². The predicted molar refractivity (Wildman–Crippen MR) is 145 cm³/mol. The summed E-state index contributed by atoms with van der Waals surface area (Å²) in [4.78, 5) is 9.50. The number of aromatic nitrogens is 2. The van der Waals surface area contributed by atoms with Gasteiger partial charge in [-0.05, 0) is 35.2 Å². The van der Waals surface area contributed by atoms with Gasteiger partial charge in [-0.2, -0.15) is 0 Å². The fourth-order valence-electron chi connectivity index (χ4n) is 4.56. The van der Waals surface area contributed by atoms with E-state index in [1.54, 1.807) is 18.2 Å². The van der Waals surface area contributed by atoms with Crippen molar-refractivity contribution in [2.75, 3.05) is 0 Å². The summed E-state index contributed by atoms with van der Waals surface area (Å²) in [6, 6.07) is 31.3. The van der Waals surface area contributed by atoms with Crippen LogP contribution in [0.3, 0.4) is 0 Å². The van der Waals surface area contributed by atoms with E-state index >= 15 is 0 Å². The summed E-state index contributed by atoms with van der Waals surface area (Å²) in [5.74, 6) is 0.518. The van der Waals surface area contributed by atoms with E-state index in [0.29, 0.717) is 17.0 Å². The second kappa shape index (κ2) is 9.61. The molecule has 186 valence electrons. The molecule has 2 aromatic heterocycles. The second-order valence-corrected chi connectivity index (χ2v) is 10.0. The van der Waals surface area contributed by atoms with Crippen molar-refractivity contribution in [3.8, 4) is 39.6 Å². The zero-order valence-electron chi connectivity index (χ0n) is 20.7. The van der Waals surface area contributed by atoms with Gasteiger partial charge < -0.3 is 9.52 Å². The van der Waals surface area contributed by atoms with E-state index in [-0.39, 0.29) is 32.2 Å². The third kappa shape index (κ3) is 4.58. The summed E-state index contributed by atoms with van der Waals surface area (Å²) in [7, 11) is 0. The summed E-state index contributed by atoms with van der Waals surface area (Å²) >= 11 is 0. The van der Waals surface area contributed by atoms with Crippen molar-refractivity contribution in [3.63, 3.8) is 0 Å². The quantitative estimate of drug-likeness (QED) is 0.194. The molecule has 0 aliphatic carbocycles. The van der Waals surface area contributed by atoms with Gasteiger partial charge in [-0.3, -0.25) is 4.98 Å². The van der Waals surface area contributed by atoms with E-state index < -0.39 is 0 Å². The van der Waals surface area contributed by atoms with Crippen LogP contribution in [-0.4, -0.2) is 15.1 Å². The molecule has 0 aliphatic heterocycles. The number of oxazole rings is 1. The molecule has 4 aromatic carbocycles. The molecule has 4 nitrogen and oxygen atoms in total. The SMILES string of the molecule is CC(C)(C)c1ccnc(-c2[c-]c(-c3cccc4oc(-c5ccccc5O)nc34)c3ccccc3c2)c1.[Pt]. The zero-order chi connectivity index (χ0) is 24.9. The van der Waals surface area contributed by atoms with Crippen LogP contribution in [-0.2, 0) is 26.5 Å². The number of phenolic OH excluding ortho intramolecular Hbond substituents is 1. The van der Waals surface area contributed by atoms with Gasteiger partial charge in [-0.25, -0.2) is 4.98 Å². The maximum atomic E-state index is 10.3. The van der Waals surface area contributed by atoms with E-state index in [2.05, 4.69) is 62.2 Å². The van der Waals surface area contributed by atoms with Crippen LogP contribution in [0, 0.1) is 6.07 Å². The first-order valence-corrected chi connectivity index (χ1v) is 12.0. The molecule has 0 saturated carbocycles. The van der Waals surface area contributed by atoms with Crippen LogP contribution in [0.15, 0.2) is 95.5 Å². The Morgan fingerprint density at radius 2 is 1.59 bits per heavy atom. The average molecular weight is 665 g/mol. The van der Waals surface area contributed by atoms with Crippen LogP contribution in [0.4, 0.5) is 0 Å². The summed E-state index contributed by atoms with van der Waals surface area (Å²) < 4.78 is 6.08. The molecule has 0 fully saturated rings. The molecule has 0 bridgehead atoms. The first-order valence-electron chi connectivity index (χ1n) is 12.0. The molecule has 0 aliphatic rings. The minimum atomic E-state index is 0. The Balaban J connectivity index is 0.00000280. The van der Waals surface area contributed by atoms with Gasteiger partial charge in [0, 0.05) is 33.0 Å². The smallest absolute Gasteiger partial charge is 0.230 e. The van der Waals surface area contributed by atoms with Crippen molar-refractivity contribution in [3.05, 3.63) is 103 Å². The van der Waals surface area contributed by atoms with E-state index in [1.807, 2.05) is 42.6 Å². The van der Waals surface area contributed by atoms with Gasteiger partial charge in [0.05, 0.1) is 11.1 Å². The molecule has 0 radical (unpaired) electrons. The Labute approximate surface area is 230 Å². The van der Waals surface area contributed by atoms with Crippen LogP contribution in [0.2, 0.25) is 0 Å². The molecule has 6 aromatic rings. The number of phenols is 1. The Bertz CT molecular complexity index is 1750. The molecule has 6 rings (SSSR count). The van der Waals surface area contributed by atoms with Crippen molar-refractivity contribution in [2.24, 2.45) is 0 Å².